The zero-order chi connectivity index (χ0) is 29.0. The number of methoxy groups -OCH3 is 2. The van der Waals surface area contributed by atoms with Gasteiger partial charge in [-0.3, -0.25) is 4.79 Å². The van der Waals surface area contributed by atoms with Gasteiger partial charge in [-0.25, -0.2) is 0 Å². The molecule has 0 atom stereocenters. The first kappa shape index (κ1) is 30.4. The summed E-state index contributed by atoms with van der Waals surface area (Å²) in [5.41, 5.74) is 8.94. The standard InChI is InChI=1S/C19H29NO2.C15H15NO3/c21-15-14-20-12-10-19(11-13-20)22-18-8-6-17(7-9-18)16-4-2-1-3-5-16;1-18-12-5-3-4-10(8-12)13-9-11(15(16)17)6-7-14(13)19-2/h6-9,16,19,21H,1-5,10-15H2;3-9H,1-2H3,(H2,16,17). The number of hydrogen-bond donors (Lipinski definition) is 2. The van der Waals surface area contributed by atoms with Gasteiger partial charge in [0.25, 0.3) is 0 Å². The molecule has 1 saturated carbocycles. The summed E-state index contributed by atoms with van der Waals surface area (Å²) in [6.45, 7) is 3.12. The van der Waals surface area contributed by atoms with E-state index in [1.54, 1.807) is 32.4 Å². The number of nitrogens with zero attached hydrogens (tertiary/aromatic N) is 1. The van der Waals surface area contributed by atoms with Crippen molar-refractivity contribution in [3.63, 3.8) is 0 Å². The molecule has 1 amide bonds. The maximum Gasteiger partial charge on any atom is 0.248 e. The van der Waals surface area contributed by atoms with E-state index in [2.05, 4.69) is 29.2 Å². The molecule has 1 aliphatic carbocycles. The Labute approximate surface area is 244 Å². The third-order valence-electron chi connectivity index (χ3n) is 8.07. The van der Waals surface area contributed by atoms with E-state index in [0.717, 1.165) is 61.0 Å². The number of amides is 1. The monoisotopic (exact) mass is 560 g/mol. The zero-order valence-corrected chi connectivity index (χ0v) is 24.4. The van der Waals surface area contributed by atoms with E-state index in [9.17, 15) is 4.79 Å². The summed E-state index contributed by atoms with van der Waals surface area (Å²) in [4.78, 5) is 13.6. The highest BCUT2D eigenvalue weighted by atomic mass is 16.5. The van der Waals surface area contributed by atoms with E-state index in [4.69, 9.17) is 25.1 Å². The van der Waals surface area contributed by atoms with Gasteiger partial charge in [-0.2, -0.15) is 0 Å². The van der Waals surface area contributed by atoms with Crippen molar-refractivity contribution in [3.8, 4) is 28.4 Å². The van der Waals surface area contributed by atoms with Crippen LogP contribution in [0, 0.1) is 0 Å². The van der Waals surface area contributed by atoms with Crippen molar-refractivity contribution in [2.45, 2.75) is 57.0 Å². The van der Waals surface area contributed by atoms with Gasteiger partial charge in [0.15, 0.2) is 0 Å². The second kappa shape index (κ2) is 15.5. The number of hydrogen-bond acceptors (Lipinski definition) is 6. The Bertz CT molecular complexity index is 1230. The number of nitrogens with two attached hydrogens (primary N) is 1. The third-order valence-corrected chi connectivity index (χ3v) is 8.07. The second-order valence-electron chi connectivity index (χ2n) is 10.8. The maximum atomic E-state index is 11.3. The highest BCUT2D eigenvalue weighted by molar-refractivity contribution is 5.95. The van der Waals surface area contributed by atoms with Gasteiger partial charge in [-0.15, -0.1) is 0 Å². The number of aliphatic hydroxyl groups excluding tert-OH is 1. The fourth-order valence-electron chi connectivity index (χ4n) is 5.72. The van der Waals surface area contributed by atoms with Crippen molar-refractivity contribution in [1.29, 1.82) is 0 Å². The first-order valence-electron chi connectivity index (χ1n) is 14.7. The quantitative estimate of drug-likeness (QED) is 0.331. The molecule has 220 valence electrons. The van der Waals surface area contributed by atoms with Crippen molar-refractivity contribution in [1.82, 2.24) is 4.90 Å². The van der Waals surface area contributed by atoms with E-state index >= 15 is 0 Å². The Morgan fingerprint density at radius 2 is 1.61 bits per heavy atom. The molecule has 0 bridgehead atoms. The number of rotatable bonds is 9. The normalized spacial score (nSPS) is 16.4. The Hall–Kier alpha value is -3.55. The van der Waals surface area contributed by atoms with Gasteiger partial charge in [-0.1, -0.05) is 43.5 Å². The van der Waals surface area contributed by atoms with Crippen LogP contribution in [0.2, 0.25) is 0 Å². The van der Waals surface area contributed by atoms with Crippen molar-refractivity contribution in [3.05, 3.63) is 77.9 Å². The summed E-state index contributed by atoms with van der Waals surface area (Å²) in [5.74, 6) is 2.73. The van der Waals surface area contributed by atoms with Crippen LogP contribution in [0.25, 0.3) is 11.1 Å². The highest BCUT2D eigenvalue weighted by Crippen LogP contribution is 2.34. The van der Waals surface area contributed by atoms with Gasteiger partial charge in [0.2, 0.25) is 5.91 Å². The molecule has 0 aromatic heterocycles. The molecule has 1 heterocycles. The Balaban J connectivity index is 0.000000191. The average Bonchev–Trinajstić information content (AvgIpc) is 3.03. The fourth-order valence-corrected chi connectivity index (χ4v) is 5.72. The van der Waals surface area contributed by atoms with Crippen LogP contribution in [-0.2, 0) is 0 Å². The minimum Gasteiger partial charge on any atom is -0.497 e. The number of aliphatic hydroxyl groups is 1. The van der Waals surface area contributed by atoms with Crippen LogP contribution in [0.3, 0.4) is 0 Å². The molecule has 3 aromatic carbocycles. The molecule has 41 heavy (non-hydrogen) atoms. The minimum absolute atomic E-state index is 0.258. The number of primary amides is 1. The van der Waals surface area contributed by atoms with Crippen molar-refractivity contribution >= 4 is 5.91 Å². The van der Waals surface area contributed by atoms with Gasteiger partial charge in [0, 0.05) is 30.8 Å². The van der Waals surface area contributed by atoms with Gasteiger partial charge in [0.1, 0.15) is 23.4 Å². The largest absolute Gasteiger partial charge is 0.497 e. The van der Waals surface area contributed by atoms with Gasteiger partial charge in [-0.05, 0) is 85.2 Å². The van der Waals surface area contributed by atoms with Crippen molar-refractivity contribution in [2.24, 2.45) is 5.73 Å². The van der Waals surface area contributed by atoms with Crippen LogP contribution in [0.5, 0.6) is 17.2 Å². The molecule has 0 radical (unpaired) electrons. The number of carbonyl (C=O) groups excluding carboxylic acids is 1. The van der Waals surface area contributed by atoms with Crippen molar-refractivity contribution in [2.75, 3.05) is 40.5 Å². The molecule has 1 saturated heterocycles. The molecule has 7 heteroatoms. The Morgan fingerprint density at radius 3 is 2.24 bits per heavy atom. The summed E-state index contributed by atoms with van der Waals surface area (Å²) >= 11 is 0. The summed E-state index contributed by atoms with van der Waals surface area (Å²) in [6.07, 6.45) is 9.33. The van der Waals surface area contributed by atoms with Crippen LogP contribution in [0.4, 0.5) is 0 Å². The first-order chi connectivity index (χ1) is 20.0. The molecule has 0 unspecified atom stereocenters. The lowest BCUT2D eigenvalue weighted by Gasteiger charge is -2.31. The Kier molecular flexibility index (Phi) is 11.5. The maximum absolute atomic E-state index is 11.3. The minimum atomic E-state index is -0.466. The smallest absolute Gasteiger partial charge is 0.248 e. The fraction of sp³-hybridized carbons (Fsp3) is 0.441. The molecule has 5 rings (SSSR count). The van der Waals surface area contributed by atoms with Crippen molar-refractivity contribution < 1.29 is 24.1 Å². The van der Waals surface area contributed by atoms with E-state index in [1.165, 1.54) is 37.7 Å². The molecule has 7 nitrogen and oxygen atoms in total. The summed E-state index contributed by atoms with van der Waals surface area (Å²) < 4.78 is 16.6. The number of benzene rings is 3. The van der Waals surface area contributed by atoms with Crippen LogP contribution >= 0.6 is 0 Å². The SMILES string of the molecule is COc1cccc(-c2cc(C(N)=O)ccc2OC)c1.OCCN1CCC(Oc2ccc(C3CCCCC3)cc2)CC1. The number of β-amino-alcohol motifs (C(OH)–C–C–N with tert-alkyl or cyclic N) is 1. The van der Waals surface area contributed by atoms with Gasteiger partial charge < -0.3 is 30.0 Å². The van der Waals surface area contributed by atoms with E-state index in [1.807, 2.05) is 24.3 Å². The summed E-state index contributed by atoms with van der Waals surface area (Å²) in [5, 5.41) is 8.98. The number of likely N-dealkylation sites (tertiary alicyclic amines) is 1. The average molecular weight is 561 g/mol. The summed E-state index contributed by atoms with van der Waals surface area (Å²) in [7, 11) is 3.19. The lowest BCUT2D eigenvalue weighted by atomic mass is 9.84. The van der Waals surface area contributed by atoms with E-state index in [0.29, 0.717) is 17.4 Å². The predicted molar refractivity (Wildman–Crippen MR) is 163 cm³/mol. The lowest BCUT2D eigenvalue weighted by Crippen LogP contribution is -2.39. The van der Waals surface area contributed by atoms with Crippen LogP contribution in [-0.4, -0.2) is 62.5 Å². The Morgan fingerprint density at radius 1 is 0.878 bits per heavy atom. The first-order valence-corrected chi connectivity index (χ1v) is 14.7. The predicted octanol–water partition coefficient (Wildman–Crippen LogP) is 6.04. The van der Waals surface area contributed by atoms with E-state index < -0.39 is 5.91 Å². The van der Waals surface area contributed by atoms with Crippen LogP contribution < -0.4 is 19.9 Å². The zero-order valence-electron chi connectivity index (χ0n) is 24.4. The topological polar surface area (TPSA) is 94.2 Å². The molecule has 2 fully saturated rings. The van der Waals surface area contributed by atoms with Gasteiger partial charge in [0.05, 0.1) is 20.8 Å². The lowest BCUT2D eigenvalue weighted by molar-refractivity contribution is 0.0889. The van der Waals surface area contributed by atoms with Crippen LogP contribution in [0.15, 0.2) is 66.7 Å². The van der Waals surface area contributed by atoms with Gasteiger partial charge >= 0.3 is 0 Å². The molecule has 1 aliphatic heterocycles. The van der Waals surface area contributed by atoms with E-state index in [-0.39, 0.29) is 6.61 Å². The molecule has 2 aliphatic rings. The third kappa shape index (κ3) is 8.72. The highest BCUT2D eigenvalue weighted by Gasteiger charge is 2.20. The number of ether oxygens (including phenoxy) is 3. The molecule has 0 spiro atoms. The molecule has 3 aromatic rings. The number of carbonyl (C=O) groups is 1. The second-order valence-corrected chi connectivity index (χ2v) is 10.8. The summed E-state index contributed by atoms with van der Waals surface area (Å²) in [6, 6.07) is 21.5. The van der Waals surface area contributed by atoms with Crippen LogP contribution in [0.1, 0.15) is 66.8 Å². The molecular weight excluding hydrogens is 516 g/mol. The number of piperidine rings is 1. The molecular formula is C34H44N2O5. The molecule has 3 N–H and O–H groups in total.